The zero-order valence-corrected chi connectivity index (χ0v) is 11.9. The summed E-state index contributed by atoms with van der Waals surface area (Å²) in [6.45, 7) is 1.62. The van der Waals surface area contributed by atoms with Crippen LogP contribution in [0.3, 0.4) is 0 Å². The molecule has 0 aliphatic carbocycles. The van der Waals surface area contributed by atoms with Gasteiger partial charge < -0.3 is 13.9 Å². The van der Waals surface area contributed by atoms with Gasteiger partial charge in [-0.15, -0.1) is 11.6 Å². The maximum absolute atomic E-state index is 6.02. The molecule has 5 nitrogen and oxygen atoms in total. The minimum atomic E-state index is 0.377. The molecule has 0 spiro atoms. The number of ether oxygens (including phenoxy) is 1. The molecule has 104 valence electrons. The third kappa shape index (κ3) is 2.25. The zero-order chi connectivity index (χ0) is 13.9. The lowest BCUT2D eigenvalue weighted by atomic mass is 10.3. The van der Waals surface area contributed by atoms with E-state index in [9.17, 15) is 0 Å². The monoisotopic (exact) mass is 290 g/mol. The van der Waals surface area contributed by atoms with Crippen LogP contribution in [0.25, 0.3) is 11.0 Å². The van der Waals surface area contributed by atoms with E-state index in [4.69, 9.17) is 16.3 Å². The molecule has 0 saturated heterocycles. The fraction of sp³-hybridized carbons (Fsp3) is 0.286. The maximum atomic E-state index is 6.02. The normalized spacial score (nSPS) is 11.1. The van der Waals surface area contributed by atoms with Gasteiger partial charge in [-0.25, -0.2) is 9.97 Å². The van der Waals surface area contributed by atoms with Crippen LogP contribution < -0.4 is 4.74 Å². The summed E-state index contributed by atoms with van der Waals surface area (Å²) >= 11 is 6.02. The van der Waals surface area contributed by atoms with Crippen LogP contribution in [0.5, 0.6) is 5.75 Å². The molecule has 1 aromatic carbocycles. The summed E-state index contributed by atoms with van der Waals surface area (Å²) in [5.74, 6) is 2.00. The van der Waals surface area contributed by atoms with Gasteiger partial charge in [0.05, 0.1) is 24.8 Å². The van der Waals surface area contributed by atoms with Crippen molar-refractivity contribution in [2.75, 3.05) is 7.11 Å². The summed E-state index contributed by atoms with van der Waals surface area (Å²) in [7, 11) is 1.65. The Bertz CT molecular complexity index is 705. The molecule has 6 heteroatoms. The first kappa shape index (κ1) is 13.0. The molecule has 0 aliphatic rings. The van der Waals surface area contributed by atoms with Crippen molar-refractivity contribution in [3.8, 4) is 5.75 Å². The second-order valence-electron chi connectivity index (χ2n) is 4.44. The number of aryl methyl sites for hydroxylation is 2. The van der Waals surface area contributed by atoms with Gasteiger partial charge in [-0.1, -0.05) is 6.07 Å². The molecular formula is C14H15ClN4O. The maximum Gasteiger partial charge on any atom is 0.146 e. The molecule has 0 aliphatic heterocycles. The van der Waals surface area contributed by atoms with Crippen LogP contribution in [-0.2, 0) is 19.0 Å². The number of rotatable bonds is 5. The third-order valence-corrected chi connectivity index (χ3v) is 3.54. The highest BCUT2D eigenvalue weighted by molar-refractivity contribution is 6.16. The van der Waals surface area contributed by atoms with E-state index in [1.807, 2.05) is 29.0 Å². The standard InChI is InChI=1S/C14H15ClN4O/c1-20-12-4-2-3-11-14(12)17-13(9-15)19(11)8-7-18-6-5-16-10-18/h2-6,10H,7-9H2,1H3. The van der Waals surface area contributed by atoms with E-state index in [0.29, 0.717) is 5.88 Å². The van der Waals surface area contributed by atoms with Gasteiger partial charge in [0.2, 0.25) is 0 Å². The summed E-state index contributed by atoms with van der Waals surface area (Å²) in [5.41, 5.74) is 1.90. The van der Waals surface area contributed by atoms with Gasteiger partial charge >= 0.3 is 0 Å². The number of hydrogen-bond donors (Lipinski definition) is 0. The molecule has 0 saturated carbocycles. The molecule has 2 aromatic heterocycles. The van der Waals surface area contributed by atoms with Crippen molar-refractivity contribution in [1.82, 2.24) is 19.1 Å². The van der Waals surface area contributed by atoms with Gasteiger partial charge in [0.15, 0.2) is 0 Å². The number of benzene rings is 1. The van der Waals surface area contributed by atoms with Gasteiger partial charge in [0.1, 0.15) is 17.1 Å². The minimum absolute atomic E-state index is 0.377. The fourth-order valence-corrected chi connectivity index (χ4v) is 2.52. The van der Waals surface area contributed by atoms with E-state index in [2.05, 4.69) is 14.5 Å². The van der Waals surface area contributed by atoms with E-state index >= 15 is 0 Å². The van der Waals surface area contributed by atoms with Crippen LogP contribution in [0.2, 0.25) is 0 Å². The molecular weight excluding hydrogens is 276 g/mol. The minimum Gasteiger partial charge on any atom is -0.494 e. The van der Waals surface area contributed by atoms with E-state index in [1.165, 1.54) is 0 Å². The predicted molar refractivity (Wildman–Crippen MR) is 78.1 cm³/mol. The van der Waals surface area contributed by atoms with Gasteiger partial charge in [0.25, 0.3) is 0 Å². The van der Waals surface area contributed by atoms with Crippen molar-refractivity contribution in [3.05, 3.63) is 42.7 Å². The van der Waals surface area contributed by atoms with Crippen LogP contribution in [0.1, 0.15) is 5.82 Å². The van der Waals surface area contributed by atoms with Crippen LogP contribution in [-0.4, -0.2) is 26.2 Å². The van der Waals surface area contributed by atoms with E-state index in [-0.39, 0.29) is 0 Å². The molecule has 0 fully saturated rings. The molecule has 20 heavy (non-hydrogen) atoms. The Balaban J connectivity index is 1.99. The highest BCUT2D eigenvalue weighted by Gasteiger charge is 2.13. The first-order valence-electron chi connectivity index (χ1n) is 6.37. The van der Waals surface area contributed by atoms with Crippen LogP contribution in [0.15, 0.2) is 36.9 Å². The summed E-state index contributed by atoms with van der Waals surface area (Å²) in [5, 5.41) is 0. The zero-order valence-electron chi connectivity index (χ0n) is 11.2. The molecule has 0 amide bonds. The lowest BCUT2D eigenvalue weighted by Gasteiger charge is -2.08. The van der Waals surface area contributed by atoms with E-state index in [0.717, 1.165) is 35.7 Å². The van der Waals surface area contributed by atoms with E-state index < -0.39 is 0 Å². The fourth-order valence-electron chi connectivity index (χ4n) is 2.32. The summed E-state index contributed by atoms with van der Waals surface area (Å²) in [4.78, 5) is 8.63. The second kappa shape index (κ2) is 5.54. The molecule has 2 heterocycles. The number of alkyl halides is 1. The number of halogens is 1. The van der Waals surface area contributed by atoms with Crippen LogP contribution >= 0.6 is 11.6 Å². The Labute approximate surface area is 121 Å². The molecule has 0 bridgehead atoms. The number of fused-ring (bicyclic) bond motifs is 1. The van der Waals surface area contributed by atoms with Gasteiger partial charge in [-0.2, -0.15) is 0 Å². The Morgan fingerprint density at radius 3 is 2.90 bits per heavy atom. The number of aromatic nitrogens is 4. The van der Waals surface area contributed by atoms with Gasteiger partial charge in [-0.3, -0.25) is 0 Å². The van der Waals surface area contributed by atoms with E-state index in [1.54, 1.807) is 19.6 Å². The van der Waals surface area contributed by atoms with Crippen molar-refractivity contribution in [2.45, 2.75) is 19.0 Å². The number of methoxy groups -OCH3 is 1. The first-order valence-corrected chi connectivity index (χ1v) is 6.90. The molecule has 0 N–H and O–H groups in total. The molecule has 3 aromatic rings. The quantitative estimate of drug-likeness (QED) is 0.679. The SMILES string of the molecule is COc1cccc2c1nc(CCl)n2CCn1ccnc1. The Kier molecular flexibility index (Phi) is 3.60. The first-order chi connectivity index (χ1) is 9.83. The summed E-state index contributed by atoms with van der Waals surface area (Å²) < 4.78 is 9.52. The van der Waals surface area contributed by atoms with Gasteiger partial charge in [-0.05, 0) is 12.1 Å². The lowest BCUT2D eigenvalue weighted by Crippen LogP contribution is -2.08. The Morgan fingerprint density at radius 1 is 1.30 bits per heavy atom. The highest BCUT2D eigenvalue weighted by atomic mass is 35.5. The van der Waals surface area contributed by atoms with Gasteiger partial charge in [0, 0.05) is 25.5 Å². The van der Waals surface area contributed by atoms with Crippen LogP contribution in [0, 0.1) is 0 Å². The number of nitrogens with zero attached hydrogens (tertiary/aromatic N) is 4. The summed E-state index contributed by atoms with van der Waals surface area (Å²) in [6, 6.07) is 5.91. The Hall–Kier alpha value is -2.01. The highest BCUT2D eigenvalue weighted by Crippen LogP contribution is 2.26. The third-order valence-electron chi connectivity index (χ3n) is 3.30. The predicted octanol–water partition coefficient (Wildman–Crippen LogP) is 2.68. The molecule has 0 atom stereocenters. The second-order valence-corrected chi connectivity index (χ2v) is 4.71. The lowest BCUT2D eigenvalue weighted by molar-refractivity contribution is 0.419. The number of imidazole rings is 2. The van der Waals surface area contributed by atoms with Crippen molar-refractivity contribution < 1.29 is 4.74 Å². The largest absolute Gasteiger partial charge is 0.494 e. The van der Waals surface area contributed by atoms with Crippen LogP contribution in [0.4, 0.5) is 0 Å². The molecule has 3 rings (SSSR count). The average Bonchev–Trinajstić information content (AvgIpc) is 3.11. The average molecular weight is 291 g/mol. The smallest absolute Gasteiger partial charge is 0.146 e. The Morgan fingerprint density at radius 2 is 2.20 bits per heavy atom. The number of hydrogen-bond acceptors (Lipinski definition) is 3. The number of para-hydroxylation sites is 1. The molecule has 0 unspecified atom stereocenters. The topological polar surface area (TPSA) is 44.9 Å². The summed E-state index contributed by atoms with van der Waals surface area (Å²) in [6.07, 6.45) is 5.53. The van der Waals surface area contributed by atoms with Crippen molar-refractivity contribution in [1.29, 1.82) is 0 Å². The van der Waals surface area contributed by atoms with Crippen molar-refractivity contribution in [3.63, 3.8) is 0 Å². The van der Waals surface area contributed by atoms with Crippen molar-refractivity contribution >= 4 is 22.6 Å². The molecule has 0 radical (unpaired) electrons. The van der Waals surface area contributed by atoms with Crippen molar-refractivity contribution in [2.24, 2.45) is 0 Å².